The second kappa shape index (κ2) is 6.73. The second-order valence-corrected chi connectivity index (χ2v) is 6.25. The Hall–Kier alpha value is -1.16. The van der Waals surface area contributed by atoms with E-state index in [0.717, 1.165) is 17.3 Å². The van der Waals surface area contributed by atoms with Gasteiger partial charge >= 0.3 is 0 Å². The Morgan fingerprint density at radius 3 is 2.71 bits per heavy atom. The van der Waals surface area contributed by atoms with Gasteiger partial charge in [-0.3, -0.25) is 0 Å². The molecule has 1 aliphatic carbocycles. The first-order chi connectivity index (χ1) is 10.3. The summed E-state index contributed by atoms with van der Waals surface area (Å²) < 4.78 is 12.5. The minimum atomic E-state index is 0.198. The van der Waals surface area contributed by atoms with E-state index in [0.29, 0.717) is 13.2 Å². The minimum Gasteiger partial charge on any atom is -0.380 e. The first kappa shape index (κ1) is 14.8. The molecule has 21 heavy (non-hydrogen) atoms. The Morgan fingerprint density at radius 1 is 1.14 bits per heavy atom. The molecule has 0 amide bonds. The van der Waals surface area contributed by atoms with Crippen molar-refractivity contribution in [1.82, 2.24) is 0 Å². The summed E-state index contributed by atoms with van der Waals surface area (Å²) in [5.41, 5.74) is 5.12. The van der Waals surface area contributed by atoms with Crippen LogP contribution in [0.2, 0.25) is 0 Å². The van der Waals surface area contributed by atoms with Crippen LogP contribution in [0, 0.1) is 0 Å². The molecule has 0 aliphatic heterocycles. The topological polar surface area (TPSA) is 18.5 Å². The van der Waals surface area contributed by atoms with Crippen LogP contribution >= 0.6 is 15.9 Å². The number of fused-ring (bicyclic) bond motifs is 1. The maximum Gasteiger partial charge on any atom is 0.0835 e. The normalized spacial score (nSPS) is 17.0. The van der Waals surface area contributed by atoms with Gasteiger partial charge in [-0.2, -0.15) is 0 Å². The molecule has 1 atom stereocenters. The van der Waals surface area contributed by atoms with E-state index in [2.05, 4.69) is 52.3 Å². The molecule has 1 unspecified atom stereocenters. The van der Waals surface area contributed by atoms with Crippen molar-refractivity contribution in [1.29, 1.82) is 0 Å². The molecule has 0 heterocycles. The van der Waals surface area contributed by atoms with E-state index in [1.807, 2.05) is 6.07 Å². The van der Waals surface area contributed by atoms with Gasteiger partial charge in [-0.25, -0.2) is 0 Å². The Morgan fingerprint density at radius 2 is 1.95 bits per heavy atom. The molecule has 0 fully saturated rings. The van der Waals surface area contributed by atoms with Gasteiger partial charge in [-0.05, 0) is 47.2 Å². The van der Waals surface area contributed by atoms with Crippen molar-refractivity contribution in [2.75, 3.05) is 7.11 Å². The van der Waals surface area contributed by atoms with Gasteiger partial charge in [-0.15, -0.1) is 0 Å². The highest BCUT2D eigenvalue weighted by atomic mass is 79.9. The number of hydrogen-bond donors (Lipinski definition) is 0. The van der Waals surface area contributed by atoms with Crippen LogP contribution < -0.4 is 0 Å². The van der Waals surface area contributed by atoms with Crippen molar-refractivity contribution in [3.63, 3.8) is 0 Å². The highest BCUT2D eigenvalue weighted by molar-refractivity contribution is 9.10. The lowest BCUT2D eigenvalue weighted by atomic mass is 10.1. The summed E-state index contributed by atoms with van der Waals surface area (Å²) in [4.78, 5) is 0. The highest BCUT2D eigenvalue weighted by Gasteiger charge is 2.24. The summed E-state index contributed by atoms with van der Waals surface area (Å²) in [5.74, 6) is 0. The van der Waals surface area contributed by atoms with Gasteiger partial charge in [0.05, 0.1) is 19.3 Å². The summed E-state index contributed by atoms with van der Waals surface area (Å²) in [5, 5.41) is 0. The van der Waals surface area contributed by atoms with E-state index in [4.69, 9.17) is 9.47 Å². The predicted octanol–water partition coefficient (Wildman–Crippen LogP) is 4.80. The lowest BCUT2D eigenvalue weighted by molar-refractivity contribution is 0.0409. The largest absolute Gasteiger partial charge is 0.380 e. The van der Waals surface area contributed by atoms with Crippen LogP contribution in [-0.4, -0.2) is 7.11 Å². The van der Waals surface area contributed by atoms with Crippen LogP contribution in [-0.2, 0) is 29.1 Å². The van der Waals surface area contributed by atoms with Crippen molar-refractivity contribution in [2.45, 2.75) is 32.2 Å². The summed E-state index contributed by atoms with van der Waals surface area (Å²) in [7, 11) is 1.73. The summed E-state index contributed by atoms with van der Waals surface area (Å²) in [6.45, 7) is 1.29. The van der Waals surface area contributed by atoms with E-state index >= 15 is 0 Å². The number of rotatable bonds is 5. The van der Waals surface area contributed by atoms with E-state index in [-0.39, 0.29) is 6.10 Å². The van der Waals surface area contributed by atoms with E-state index in [9.17, 15) is 0 Å². The van der Waals surface area contributed by atoms with Crippen LogP contribution in [0.25, 0.3) is 0 Å². The van der Waals surface area contributed by atoms with Gasteiger partial charge in [-0.1, -0.05) is 46.3 Å². The minimum absolute atomic E-state index is 0.198. The van der Waals surface area contributed by atoms with Gasteiger partial charge in [0.25, 0.3) is 0 Å². The SMILES string of the molecule is COCc1cc2c(cc1Br)CCC2OCc1ccccc1. The Labute approximate surface area is 134 Å². The first-order valence-corrected chi connectivity index (χ1v) is 8.03. The van der Waals surface area contributed by atoms with Gasteiger partial charge in [0, 0.05) is 11.6 Å². The Balaban J connectivity index is 1.75. The molecule has 1 aliphatic rings. The smallest absolute Gasteiger partial charge is 0.0835 e. The van der Waals surface area contributed by atoms with Crippen LogP contribution in [0.15, 0.2) is 46.9 Å². The molecule has 0 bridgehead atoms. The standard InChI is InChI=1S/C18H19BrO2/c1-20-12-15-9-16-14(10-17(15)19)7-8-18(16)21-11-13-5-3-2-4-6-13/h2-6,9-10,18H,7-8,11-12H2,1H3. The van der Waals surface area contributed by atoms with Crippen molar-refractivity contribution in [2.24, 2.45) is 0 Å². The molecule has 0 saturated carbocycles. The first-order valence-electron chi connectivity index (χ1n) is 7.23. The molecule has 110 valence electrons. The molecule has 2 aromatic rings. The maximum absolute atomic E-state index is 6.13. The fraction of sp³-hybridized carbons (Fsp3) is 0.333. The molecule has 0 saturated heterocycles. The zero-order valence-electron chi connectivity index (χ0n) is 12.1. The molecule has 0 radical (unpaired) electrons. The lowest BCUT2D eigenvalue weighted by Crippen LogP contribution is -2.02. The van der Waals surface area contributed by atoms with Gasteiger partial charge < -0.3 is 9.47 Å². The average Bonchev–Trinajstić information content (AvgIpc) is 2.89. The summed E-state index contributed by atoms with van der Waals surface area (Å²) in [6.07, 6.45) is 2.34. The third-order valence-electron chi connectivity index (χ3n) is 3.92. The fourth-order valence-electron chi connectivity index (χ4n) is 2.85. The fourth-order valence-corrected chi connectivity index (χ4v) is 3.35. The third kappa shape index (κ3) is 3.37. The quantitative estimate of drug-likeness (QED) is 0.774. The Bertz CT molecular complexity index is 610. The highest BCUT2D eigenvalue weighted by Crippen LogP contribution is 2.37. The molecule has 3 heteroatoms. The lowest BCUT2D eigenvalue weighted by Gasteiger charge is -2.15. The van der Waals surface area contributed by atoms with Crippen molar-refractivity contribution in [3.8, 4) is 0 Å². The number of ether oxygens (including phenoxy) is 2. The molecule has 2 nitrogen and oxygen atoms in total. The summed E-state index contributed by atoms with van der Waals surface area (Å²) >= 11 is 3.63. The van der Waals surface area contributed by atoms with Crippen molar-refractivity contribution >= 4 is 15.9 Å². The predicted molar refractivity (Wildman–Crippen MR) is 87.1 cm³/mol. The van der Waals surface area contributed by atoms with Gasteiger partial charge in [0.1, 0.15) is 0 Å². The van der Waals surface area contributed by atoms with Crippen molar-refractivity contribution < 1.29 is 9.47 Å². The molecule has 0 aromatic heterocycles. The monoisotopic (exact) mass is 346 g/mol. The second-order valence-electron chi connectivity index (χ2n) is 5.40. The van der Waals surface area contributed by atoms with E-state index in [1.165, 1.54) is 22.3 Å². The molecule has 0 N–H and O–H groups in total. The average molecular weight is 347 g/mol. The number of halogens is 1. The number of methoxy groups -OCH3 is 1. The van der Waals surface area contributed by atoms with Crippen LogP contribution in [0.3, 0.4) is 0 Å². The summed E-state index contributed by atoms with van der Waals surface area (Å²) in [6, 6.07) is 14.8. The third-order valence-corrected chi connectivity index (χ3v) is 4.66. The van der Waals surface area contributed by atoms with E-state index in [1.54, 1.807) is 7.11 Å². The van der Waals surface area contributed by atoms with Gasteiger partial charge in [0.15, 0.2) is 0 Å². The molecular weight excluding hydrogens is 328 g/mol. The zero-order chi connectivity index (χ0) is 14.7. The molecule has 0 spiro atoms. The van der Waals surface area contributed by atoms with Crippen LogP contribution in [0.4, 0.5) is 0 Å². The number of benzene rings is 2. The molecule has 2 aromatic carbocycles. The number of hydrogen-bond acceptors (Lipinski definition) is 2. The Kier molecular flexibility index (Phi) is 4.73. The maximum atomic E-state index is 6.13. The van der Waals surface area contributed by atoms with Crippen molar-refractivity contribution in [3.05, 3.63) is 69.2 Å². The zero-order valence-corrected chi connectivity index (χ0v) is 13.7. The van der Waals surface area contributed by atoms with Gasteiger partial charge in [0.2, 0.25) is 0 Å². The van der Waals surface area contributed by atoms with Crippen LogP contribution in [0.1, 0.15) is 34.8 Å². The number of aryl methyl sites for hydroxylation is 1. The molecule has 3 rings (SSSR count). The molecular formula is C18H19BrO2. The van der Waals surface area contributed by atoms with Crippen LogP contribution in [0.5, 0.6) is 0 Å². The van der Waals surface area contributed by atoms with E-state index < -0.39 is 0 Å².